The van der Waals surface area contributed by atoms with Gasteiger partial charge in [-0.05, 0) is 45.3 Å². The van der Waals surface area contributed by atoms with E-state index in [9.17, 15) is 19.2 Å². The molecule has 0 radical (unpaired) electrons. The van der Waals surface area contributed by atoms with Crippen LogP contribution in [0.15, 0.2) is 0 Å². The zero-order valence-electron chi connectivity index (χ0n) is 17.7. The topological polar surface area (TPSA) is 274 Å². The average molecular weight is 455 g/mol. The number of aliphatic carboxylic acids is 4. The van der Waals surface area contributed by atoms with Crippen molar-refractivity contribution in [2.45, 2.75) is 69.4 Å². The Hall–Kier alpha value is -2.32. The van der Waals surface area contributed by atoms with Gasteiger partial charge in [0.25, 0.3) is 0 Å². The molecule has 0 aliphatic heterocycles. The average Bonchev–Trinajstić information content (AvgIpc) is 2.65. The molecule has 0 heterocycles. The van der Waals surface area contributed by atoms with E-state index in [1.807, 2.05) is 0 Å². The lowest BCUT2D eigenvalue weighted by Gasteiger charge is -2.18. The standard InChI is InChI=1S/C6H14N2O2.C6H16N2.C6H8O7/c7-4-2-1-3-5(8)6(9)10;7-5-3-1-2-4-6-8;7-3(8)1-6(13,5(11)12)2-4(9)10/h5H,1-4,7-8H2,(H,9,10);1-8H2;13H,1-2H2,(H,7,8)(H,9,10)(H,11,12). The molecule has 13 heteroatoms. The van der Waals surface area contributed by atoms with E-state index in [0.29, 0.717) is 13.0 Å². The van der Waals surface area contributed by atoms with Crippen LogP contribution in [0.5, 0.6) is 0 Å². The number of aliphatic hydroxyl groups is 1. The number of carboxylic acids is 4. The van der Waals surface area contributed by atoms with Crippen LogP contribution in [0.3, 0.4) is 0 Å². The first kappa shape index (κ1) is 33.3. The fraction of sp³-hybridized carbons (Fsp3) is 0.778. The number of hydrogen-bond acceptors (Lipinski definition) is 9. The van der Waals surface area contributed by atoms with Crippen LogP contribution in [0.2, 0.25) is 0 Å². The van der Waals surface area contributed by atoms with E-state index in [-0.39, 0.29) is 0 Å². The van der Waals surface area contributed by atoms with Crippen molar-refractivity contribution in [3.05, 3.63) is 0 Å². The summed E-state index contributed by atoms with van der Waals surface area (Å²) >= 11 is 0. The van der Waals surface area contributed by atoms with Crippen molar-refractivity contribution >= 4 is 23.9 Å². The van der Waals surface area contributed by atoms with Gasteiger partial charge in [-0.15, -0.1) is 0 Å². The number of unbranched alkanes of at least 4 members (excludes halogenated alkanes) is 4. The van der Waals surface area contributed by atoms with E-state index < -0.39 is 48.4 Å². The molecule has 0 spiro atoms. The predicted octanol–water partition coefficient (Wildman–Crippen LogP) is -1.26. The molecule has 0 fully saturated rings. The van der Waals surface area contributed by atoms with Gasteiger partial charge in [0.2, 0.25) is 0 Å². The van der Waals surface area contributed by atoms with Crippen LogP contribution in [0, 0.1) is 0 Å². The summed E-state index contributed by atoms with van der Waals surface area (Å²) in [5.41, 5.74) is 18.2. The van der Waals surface area contributed by atoms with Crippen LogP contribution in [-0.2, 0) is 19.2 Å². The highest BCUT2D eigenvalue weighted by molar-refractivity contribution is 5.88. The summed E-state index contributed by atoms with van der Waals surface area (Å²) in [5, 5.41) is 42.1. The molecule has 13 nitrogen and oxygen atoms in total. The van der Waals surface area contributed by atoms with Crippen molar-refractivity contribution < 1.29 is 44.7 Å². The quantitative estimate of drug-likeness (QED) is 0.131. The lowest BCUT2D eigenvalue weighted by atomic mass is 9.96. The summed E-state index contributed by atoms with van der Waals surface area (Å²) in [7, 11) is 0. The third-order valence-corrected chi connectivity index (χ3v) is 3.73. The summed E-state index contributed by atoms with van der Waals surface area (Å²) in [6.45, 7) is 2.25. The van der Waals surface area contributed by atoms with Gasteiger partial charge in [-0.3, -0.25) is 14.4 Å². The van der Waals surface area contributed by atoms with Gasteiger partial charge >= 0.3 is 23.9 Å². The monoisotopic (exact) mass is 454 g/mol. The summed E-state index contributed by atoms with van der Waals surface area (Å²) in [6, 6.07) is -0.716. The Morgan fingerprint density at radius 3 is 1.29 bits per heavy atom. The van der Waals surface area contributed by atoms with Gasteiger partial charge < -0.3 is 48.5 Å². The first-order valence-electron chi connectivity index (χ1n) is 9.85. The van der Waals surface area contributed by atoms with E-state index >= 15 is 0 Å². The maximum Gasteiger partial charge on any atom is 0.336 e. The number of carboxylic acid groups (broad SMARTS) is 4. The number of hydrogen-bond donors (Lipinski definition) is 9. The highest BCUT2D eigenvalue weighted by Gasteiger charge is 2.40. The van der Waals surface area contributed by atoms with Crippen molar-refractivity contribution in [3.63, 3.8) is 0 Å². The molecule has 0 saturated heterocycles. The second kappa shape index (κ2) is 20.9. The van der Waals surface area contributed by atoms with Crippen LogP contribution >= 0.6 is 0 Å². The Bertz CT molecular complexity index is 496. The zero-order valence-corrected chi connectivity index (χ0v) is 17.7. The van der Waals surface area contributed by atoms with Gasteiger partial charge in [-0.25, -0.2) is 4.79 Å². The zero-order chi connectivity index (χ0) is 24.9. The Morgan fingerprint density at radius 2 is 1.03 bits per heavy atom. The van der Waals surface area contributed by atoms with Crippen LogP contribution in [0.1, 0.15) is 57.8 Å². The van der Waals surface area contributed by atoms with Gasteiger partial charge in [-0.1, -0.05) is 19.3 Å². The van der Waals surface area contributed by atoms with E-state index in [0.717, 1.165) is 38.8 Å². The lowest BCUT2D eigenvalue weighted by Crippen LogP contribution is -2.42. The summed E-state index contributed by atoms with van der Waals surface area (Å²) in [4.78, 5) is 40.6. The Balaban J connectivity index is -0.000000392. The minimum absolute atomic E-state index is 0.520. The highest BCUT2D eigenvalue weighted by atomic mass is 16.4. The van der Waals surface area contributed by atoms with Crippen molar-refractivity contribution in [2.24, 2.45) is 22.9 Å². The first-order valence-corrected chi connectivity index (χ1v) is 9.85. The molecule has 1 unspecified atom stereocenters. The van der Waals surface area contributed by atoms with Gasteiger partial charge in [0.05, 0.1) is 12.8 Å². The van der Waals surface area contributed by atoms with E-state index in [4.69, 9.17) is 48.5 Å². The van der Waals surface area contributed by atoms with Gasteiger partial charge in [0, 0.05) is 0 Å². The molecule has 0 bridgehead atoms. The Kier molecular flexibility index (Phi) is 22.5. The molecule has 0 rings (SSSR count). The molecule has 0 saturated carbocycles. The van der Waals surface area contributed by atoms with Crippen molar-refractivity contribution in [2.75, 3.05) is 19.6 Å². The number of rotatable bonds is 15. The molecule has 0 aromatic carbocycles. The number of carbonyl (C=O) groups is 4. The molecule has 0 aromatic heterocycles. The number of nitrogens with two attached hydrogens (primary N) is 4. The molecule has 184 valence electrons. The summed E-state index contributed by atoms with van der Waals surface area (Å²) in [5.74, 6) is -5.95. The summed E-state index contributed by atoms with van der Waals surface area (Å²) < 4.78 is 0. The first-order chi connectivity index (χ1) is 14.4. The maximum atomic E-state index is 10.3. The molecule has 13 N–H and O–H groups in total. The minimum Gasteiger partial charge on any atom is -0.481 e. The second-order valence-electron chi connectivity index (χ2n) is 6.70. The third-order valence-electron chi connectivity index (χ3n) is 3.73. The largest absolute Gasteiger partial charge is 0.481 e. The normalized spacial score (nSPS) is 11.3. The van der Waals surface area contributed by atoms with Crippen molar-refractivity contribution in [1.82, 2.24) is 0 Å². The van der Waals surface area contributed by atoms with Gasteiger partial charge in [0.15, 0.2) is 5.60 Å². The molecule has 0 aliphatic rings. The molecule has 0 aliphatic carbocycles. The summed E-state index contributed by atoms with van der Waals surface area (Å²) in [6.07, 6.45) is 4.67. The maximum absolute atomic E-state index is 10.3. The molecule has 0 aromatic rings. The SMILES string of the molecule is NCCCCC(N)C(=O)O.NCCCCCCN.O=C(O)CC(O)(CC(=O)O)C(=O)O. The molecule has 1 atom stereocenters. The molecule has 31 heavy (non-hydrogen) atoms. The van der Waals surface area contributed by atoms with E-state index in [1.165, 1.54) is 12.8 Å². The Morgan fingerprint density at radius 1 is 0.677 bits per heavy atom. The van der Waals surface area contributed by atoms with E-state index in [2.05, 4.69) is 0 Å². The molecular formula is C18H38N4O9. The van der Waals surface area contributed by atoms with Crippen molar-refractivity contribution in [3.8, 4) is 0 Å². The Labute approximate surface area is 181 Å². The molecular weight excluding hydrogens is 416 g/mol. The van der Waals surface area contributed by atoms with Crippen LogP contribution < -0.4 is 22.9 Å². The highest BCUT2D eigenvalue weighted by Crippen LogP contribution is 2.15. The predicted molar refractivity (Wildman–Crippen MR) is 112 cm³/mol. The van der Waals surface area contributed by atoms with Crippen LogP contribution in [0.25, 0.3) is 0 Å². The van der Waals surface area contributed by atoms with Crippen molar-refractivity contribution in [1.29, 1.82) is 0 Å². The fourth-order valence-corrected chi connectivity index (χ4v) is 1.99. The van der Waals surface area contributed by atoms with E-state index in [1.54, 1.807) is 0 Å². The third kappa shape index (κ3) is 23.8. The smallest absolute Gasteiger partial charge is 0.336 e. The fourth-order valence-electron chi connectivity index (χ4n) is 1.99. The minimum atomic E-state index is -2.74. The lowest BCUT2D eigenvalue weighted by molar-refractivity contribution is -0.170. The second-order valence-corrected chi connectivity index (χ2v) is 6.70. The van der Waals surface area contributed by atoms with Gasteiger partial charge in [0.1, 0.15) is 6.04 Å². The molecule has 0 amide bonds. The van der Waals surface area contributed by atoms with Crippen LogP contribution in [-0.4, -0.2) is 80.7 Å². The van der Waals surface area contributed by atoms with Gasteiger partial charge in [-0.2, -0.15) is 0 Å². The van der Waals surface area contributed by atoms with Crippen LogP contribution in [0.4, 0.5) is 0 Å².